The van der Waals surface area contributed by atoms with Gasteiger partial charge in [0, 0.05) is 94.9 Å². The Morgan fingerprint density at radius 3 is 1.21 bits per heavy atom. The lowest BCUT2D eigenvalue weighted by molar-refractivity contribution is 0.893. The summed E-state index contributed by atoms with van der Waals surface area (Å²) in [4.78, 5) is 47.0. The molecule has 0 aliphatic carbocycles. The van der Waals surface area contributed by atoms with Gasteiger partial charge >= 0.3 is 0 Å². The molecule has 0 saturated heterocycles. The van der Waals surface area contributed by atoms with E-state index in [0.29, 0.717) is 35.4 Å². The van der Waals surface area contributed by atoms with Gasteiger partial charge < -0.3 is 0 Å². The van der Waals surface area contributed by atoms with Crippen LogP contribution in [0.3, 0.4) is 0 Å². The number of nitrogens with zero attached hydrogens (tertiary/aromatic N) is 12. The Morgan fingerprint density at radius 2 is 0.685 bits per heavy atom. The molecular weight excluding hydrogens is 1130 g/mol. The van der Waals surface area contributed by atoms with E-state index < -0.39 is 0 Å². The van der Waals surface area contributed by atoms with Gasteiger partial charge in [-0.15, -0.1) is 0 Å². The molecule has 12 nitrogen and oxygen atoms in total. The molecule has 0 N–H and O–H groups in total. The standard InChI is InChI=1S/C80H50N12/c1-4-24-55(25-5-1)89(56-26-6-2-7-27-56)77-83-75(67-37-19-35-65-59(67)45-43-51-23-21-47-81-73(51)65)84-78(87-77)90(57-28-8-3-9-29-57)58-30-18-22-52(49-58)54-48-53-44-46-60-66(74(53)82-50-54)36-20-38-68(60)76-85-79(91-69-39-14-10-31-61(69)62-32-11-15-40-70(62)91)88-80(86-76)92-71-41-16-12-33-63(71)64-34-13-17-42-72(64)92/h1-50H. The van der Waals surface area contributed by atoms with Crippen molar-refractivity contribution in [2.75, 3.05) is 9.80 Å². The van der Waals surface area contributed by atoms with Gasteiger partial charge in [-0.3, -0.25) is 28.9 Å². The molecule has 0 aliphatic rings. The number of rotatable bonds is 11. The Balaban J connectivity index is 0.781. The molecule has 0 bridgehead atoms. The largest absolute Gasteiger partial charge is 0.279 e. The number of aromatic nitrogens is 10. The summed E-state index contributed by atoms with van der Waals surface area (Å²) in [6, 6.07) is 100. The predicted molar refractivity (Wildman–Crippen MR) is 373 cm³/mol. The van der Waals surface area contributed by atoms with Crippen LogP contribution in [0.25, 0.3) is 133 Å². The molecular formula is C80H50N12. The second kappa shape index (κ2) is 21.5. The van der Waals surface area contributed by atoms with Gasteiger partial charge in [-0.2, -0.15) is 29.9 Å². The molecule has 92 heavy (non-hydrogen) atoms. The van der Waals surface area contributed by atoms with Crippen molar-refractivity contribution in [2.45, 2.75) is 0 Å². The second-order valence-electron chi connectivity index (χ2n) is 22.8. The quantitative estimate of drug-likeness (QED) is 0.116. The summed E-state index contributed by atoms with van der Waals surface area (Å²) in [7, 11) is 0. The van der Waals surface area contributed by atoms with Crippen molar-refractivity contribution < 1.29 is 0 Å². The third-order valence-electron chi connectivity index (χ3n) is 17.5. The lowest BCUT2D eigenvalue weighted by atomic mass is 9.99. The number of hydrogen-bond acceptors (Lipinski definition) is 10. The lowest BCUT2D eigenvalue weighted by Gasteiger charge is -2.27. The highest BCUT2D eigenvalue weighted by Gasteiger charge is 2.26. The fraction of sp³-hybridized carbons (Fsp3) is 0. The van der Waals surface area contributed by atoms with Crippen molar-refractivity contribution in [1.29, 1.82) is 0 Å². The Bertz CT molecular complexity index is 5650. The van der Waals surface area contributed by atoms with E-state index in [9.17, 15) is 0 Å². The van der Waals surface area contributed by atoms with Crippen LogP contribution >= 0.6 is 0 Å². The Labute approximate surface area is 527 Å². The lowest BCUT2D eigenvalue weighted by Crippen LogP contribution is -2.19. The first kappa shape index (κ1) is 52.3. The van der Waals surface area contributed by atoms with Crippen LogP contribution < -0.4 is 9.80 Å². The highest BCUT2D eigenvalue weighted by Crippen LogP contribution is 2.43. The monoisotopic (exact) mass is 1180 g/mol. The number of para-hydroxylation sites is 7. The number of anilines is 6. The summed E-state index contributed by atoms with van der Waals surface area (Å²) >= 11 is 0. The Hall–Kier alpha value is -12.8. The van der Waals surface area contributed by atoms with Crippen LogP contribution in [0.1, 0.15) is 0 Å². The zero-order valence-corrected chi connectivity index (χ0v) is 49.2. The van der Waals surface area contributed by atoms with Crippen molar-refractivity contribution in [2.24, 2.45) is 0 Å². The highest BCUT2D eigenvalue weighted by atomic mass is 15.4. The van der Waals surface area contributed by atoms with E-state index in [1.807, 2.05) is 73.1 Å². The average molecular weight is 1180 g/mol. The van der Waals surface area contributed by atoms with Gasteiger partial charge in [-0.05, 0) is 101 Å². The SMILES string of the molecule is c1ccc(N(c2ccccc2)c2nc(-c3cccc4c3ccc3cccnc34)nc(N(c3ccccc3)c3cccc(-c4cnc5c(ccc6c(-c7nc(-n8c9ccccc9c9ccccc98)nc(-n8c9ccccc9c9ccccc98)n7)cccc65)c4)c3)n2)cc1. The molecule has 12 heteroatoms. The average Bonchev–Trinajstić information content (AvgIpc) is 1.59. The maximum absolute atomic E-state index is 5.47. The van der Waals surface area contributed by atoms with Gasteiger partial charge in [-0.25, -0.2) is 0 Å². The number of pyridine rings is 2. The summed E-state index contributed by atoms with van der Waals surface area (Å²) in [5.41, 5.74) is 12.9. The molecule has 0 radical (unpaired) electrons. The number of hydrogen-bond donors (Lipinski definition) is 0. The van der Waals surface area contributed by atoms with Crippen LogP contribution in [0.2, 0.25) is 0 Å². The van der Waals surface area contributed by atoms with Gasteiger partial charge in [-0.1, -0.05) is 206 Å². The first-order chi connectivity index (χ1) is 45.6. The predicted octanol–water partition coefficient (Wildman–Crippen LogP) is 19.6. The third kappa shape index (κ3) is 8.68. The maximum atomic E-state index is 5.47. The summed E-state index contributed by atoms with van der Waals surface area (Å²) < 4.78 is 4.33. The molecule has 18 rings (SSSR count). The minimum absolute atomic E-state index is 0.433. The molecule has 6 heterocycles. The van der Waals surface area contributed by atoms with Gasteiger partial charge in [0.15, 0.2) is 11.6 Å². The smallest absolute Gasteiger partial charge is 0.240 e. The normalized spacial score (nSPS) is 11.7. The molecule has 0 amide bonds. The molecule has 0 saturated carbocycles. The fourth-order valence-corrected chi connectivity index (χ4v) is 13.3. The minimum atomic E-state index is 0.433. The van der Waals surface area contributed by atoms with Crippen LogP contribution in [0.15, 0.2) is 304 Å². The van der Waals surface area contributed by atoms with E-state index >= 15 is 0 Å². The summed E-state index contributed by atoms with van der Waals surface area (Å²) in [5.74, 6) is 2.98. The van der Waals surface area contributed by atoms with Crippen molar-refractivity contribution in [3.63, 3.8) is 0 Å². The van der Waals surface area contributed by atoms with E-state index in [-0.39, 0.29) is 0 Å². The molecule has 12 aromatic carbocycles. The van der Waals surface area contributed by atoms with Crippen molar-refractivity contribution in [3.05, 3.63) is 304 Å². The summed E-state index contributed by atoms with van der Waals surface area (Å²) in [6.45, 7) is 0. The van der Waals surface area contributed by atoms with Gasteiger partial charge in [0.05, 0.1) is 33.1 Å². The number of benzene rings is 12. The fourth-order valence-electron chi connectivity index (χ4n) is 13.3. The first-order valence-electron chi connectivity index (χ1n) is 30.6. The first-order valence-corrected chi connectivity index (χ1v) is 30.6. The van der Waals surface area contributed by atoms with Crippen LogP contribution in [-0.4, -0.2) is 49.0 Å². The van der Waals surface area contributed by atoms with Gasteiger partial charge in [0.25, 0.3) is 0 Å². The topological polar surface area (TPSA) is 119 Å². The van der Waals surface area contributed by atoms with E-state index in [0.717, 1.165) is 132 Å². The van der Waals surface area contributed by atoms with E-state index in [2.05, 4.69) is 249 Å². The molecule has 0 unspecified atom stereocenters. The minimum Gasteiger partial charge on any atom is -0.279 e. The second-order valence-corrected chi connectivity index (χ2v) is 22.8. The molecule has 430 valence electrons. The molecule has 0 atom stereocenters. The third-order valence-corrected chi connectivity index (χ3v) is 17.5. The van der Waals surface area contributed by atoms with Crippen molar-refractivity contribution in [1.82, 2.24) is 49.0 Å². The highest BCUT2D eigenvalue weighted by molar-refractivity contribution is 6.13. The Kier molecular flexibility index (Phi) is 12.2. The molecule has 0 aliphatic heterocycles. The van der Waals surface area contributed by atoms with E-state index in [1.165, 1.54) is 0 Å². The van der Waals surface area contributed by atoms with Gasteiger partial charge in [0.2, 0.25) is 23.8 Å². The molecule has 0 fully saturated rings. The van der Waals surface area contributed by atoms with Crippen LogP contribution in [-0.2, 0) is 0 Å². The zero-order chi connectivity index (χ0) is 60.6. The van der Waals surface area contributed by atoms with Crippen molar-refractivity contribution >= 4 is 122 Å². The summed E-state index contributed by atoms with van der Waals surface area (Å²) in [5, 5.41) is 10.5. The molecule has 18 aromatic rings. The maximum Gasteiger partial charge on any atom is 0.240 e. The van der Waals surface area contributed by atoms with Crippen LogP contribution in [0, 0.1) is 0 Å². The summed E-state index contributed by atoms with van der Waals surface area (Å²) in [6.07, 6.45) is 3.81. The zero-order valence-electron chi connectivity index (χ0n) is 49.2. The van der Waals surface area contributed by atoms with E-state index in [4.69, 9.17) is 39.9 Å². The van der Waals surface area contributed by atoms with E-state index in [1.54, 1.807) is 0 Å². The van der Waals surface area contributed by atoms with Crippen molar-refractivity contribution in [3.8, 4) is 45.8 Å². The number of fused-ring (bicyclic) bond motifs is 12. The Morgan fingerprint density at radius 1 is 0.261 bits per heavy atom. The van der Waals surface area contributed by atoms with Crippen LogP contribution in [0.4, 0.5) is 34.6 Å². The molecule has 0 spiro atoms. The molecule has 6 aromatic heterocycles. The van der Waals surface area contributed by atoms with Gasteiger partial charge in [0.1, 0.15) is 0 Å². The van der Waals surface area contributed by atoms with Crippen LogP contribution in [0.5, 0.6) is 0 Å².